The Kier molecular flexibility index (Phi) is 7.16. The number of carbonyl (C=O) groups is 2. The number of hydrogen-bond acceptors (Lipinski definition) is 7. The first-order valence-corrected chi connectivity index (χ1v) is 10.6. The fourth-order valence-electron chi connectivity index (χ4n) is 2.62. The highest BCUT2D eigenvalue weighted by Gasteiger charge is 2.28. The molecule has 0 radical (unpaired) electrons. The van der Waals surface area contributed by atoms with E-state index in [1.165, 1.54) is 41.3 Å². The number of carbonyl (C=O) groups excluding carboxylic acids is 2. The van der Waals surface area contributed by atoms with Crippen molar-refractivity contribution in [3.63, 3.8) is 0 Å². The number of aromatic nitrogens is 2. The first-order valence-electron chi connectivity index (χ1n) is 7.60. The lowest BCUT2D eigenvalue weighted by atomic mass is 9.78. The van der Waals surface area contributed by atoms with Gasteiger partial charge in [0.2, 0.25) is 5.91 Å². The fraction of sp³-hybridized carbons (Fsp3) is 0.714. The Morgan fingerprint density at radius 1 is 1.26 bits per heavy atom. The van der Waals surface area contributed by atoms with Crippen LogP contribution in [-0.4, -0.2) is 40.2 Å². The zero-order valence-corrected chi connectivity index (χ0v) is 15.9. The van der Waals surface area contributed by atoms with Crippen molar-refractivity contribution in [1.29, 1.82) is 0 Å². The van der Waals surface area contributed by atoms with Crippen molar-refractivity contribution in [3.8, 4) is 0 Å². The lowest BCUT2D eigenvalue weighted by Crippen LogP contribution is -2.49. The Hall–Kier alpha value is -0.800. The van der Waals surface area contributed by atoms with Crippen molar-refractivity contribution in [1.82, 2.24) is 20.8 Å². The van der Waals surface area contributed by atoms with Crippen LogP contribution in [0, 0.1) is 11.8 Å². The van der Waals surface area contributed by atoms with E-state index in [1.54, 1.807) is 0 Å². The minimum absolute atomic E-state index is 0.145. The molecule has 1 aromatic heterocycles. The molecular formula is C14H22N4O2S3. The molecule has 9 heteroatoms. The Bertz CT molecular complexity index is 552. The summed E-state index contributed by atoms with van der Waals surface area (Å²) in [5.74, 6) is 0.881. The van der Waals surface area contributed by atoms with Crippen molar-refractivity contribution in [2.45, 2.75) is 47.8 Å². The van der Waals surface area contributed by atoms with Gasteiger partial charge in [-0.05, 0) is 24.5 Å². The van der Waals surface area contributed by atoms with Gasteiger partial charge in [-0.3, -0.25) is 10.1 Å². The van der Waals surface area contributed by atoms with Crippen molar-refractivity contribution in [2.24, 2.45) is 11.8 Å². The molecular weight excluding hydrogens is 352 g/mol. The molecule has 0 unspecified atom stereocenters. The number of nitrogens with one attached hydrogen (secondary N) is 2. The first kappa shape index (κ1) is 18.5. The molecule has 6 nitrogen and oxygen atoms in total. The number of amides is 3. The summed E-state index contributed by atoms with van der Waals surface area (Å²) in [6.45, 7) is 4.37. The molecule has 1 aromatic rings. The van der Waals surface area contributed by atoms with E-state index in [1.807, 2.05) is 6.26 Å². The maximum Gasteiger partial charge on any atom is 0.321 e. The molecule has 1 heterocycles. The van der Waals surface area contributed by atoms with Crippen molar-refractivity contribution in [2.75, 3.05) is 12.0 Å². The van der Waals surface area contributed by atoms with E-state index in [4.69, 9.17) is 0 Å². The van der Waals surface area contributed by atoms with Gasteiger partial charge >= 0.3 is 6.03 Å². The molecule has 0 bridgehead atoms. The quantitative estimate of drug-likeness (QED) is 0.771. The van der Waals surface area contributed by atoms with Gasteiger partial charge in [0, 0.05) is 6.04 Å². The van der Waals surface area contributed by atoms with Gasteiger partial charge in [0.25, 0.3) is 0 Å². The molecule has 1 saturated carbocycles. The molecule has 2 N–H and O–H groups in total. The number of thioether (sulfide) groups is 2. The van der Waals surface area contributed by atoms with Crippen LogP contribution in [0.2, 0.25) is 0 Å². The Labute approximate surface area is 149 Å². The normalized spacial score (nSPS) is 24.2. The highest BCUT2D eigenvalue weighted by Crippen LogP contribution is 2.29. The van der Waals surface area contributed by atoms with Crippen LogP contribution in [0.1, 0.15) is 33.1 Å². The molecule has 1 aliphatic rings. The Morgan fingerprint density at radius 3 is 2.70 bits per heavy atom. The lowest BCUT2D eigenvalue weighted by Gasteiger charge is -2.34. The monoisotopic (exact) mass is 374 g/mol. The zero-order valence-electron chi connectivity index (χ0n) is 13.5. The maximum atomic E-state index is 12.0. The number of imide groups is 1. The standard InChI is InChI=1S/C14H22N4O2S3/c1-8-5-4-6-10(9(8)2)15-12(20)16-11(19)7-22-14-18-17-13(21-3)23-14/h8-10H,4-7H2,1-3H3,(H2,15,16,19,20)/t8-,9-,10+/m0/s1. The van der Waals surface area contributed by atoms with Crippen LogP contribution in [0.25, 0.3) is 0 Å². The van der Waals surface area contributed by atoms with Crippen LogP contribution in [-0.2, 0) is 4.79 Å². The van der Waals surface area contributed by atoms with Crippen molar-refractivity contribution >= 4 is 46.8 Å². The molecule has 0 saturated heterocycles. The van der Waals surface area contributed by atoms with E-state index in [0.29, 0.717) is 11.8 Å². The van der Waals surface area contributed by atoms with Gasteiger partial charge in [0.1, 0.15) is 0 Å². The smallest absolute Gasteiger partial charge is 0.321 e. The minimum Gasteiger partial charge on any atom is -0.335 e. The predicted octanol–water partition coefficient (Wildman–Crippen LogP) is 3.00. The van der Waals surface area contributed by atoms with E-state index >= 15 is 0 Å². The molecule has 1 fully saturated rings. The zero-order chi connectivity index (χ0) is 16.8. The second-order valence-corrected chi connectivity index (χ2v) is 8.98. The summed E-state index contributed by atoms with van der Waals surface area (Å²) in [6, 6.07) is -0.255. The van der Waals surface area contributed by atoms with Crippen LogP contribution >= 0.6 is 34.9 Å². The van der Waals surface area contributed by atoms with E-state index < -0.39 is 6.03 Å². The topological polar surface area (TPSA) is 84.0 Å². The van der Waals surface area contributed by atoms with Crippen molar-refractivity contribution in [3.05, 3.63) is 0 Å². The molecule has 2 rings (SSSR count). The first-order chi connectivity index (χ1) is 11.0. The fourth-order valence-corrected chi connectivity index (χ4v) is 4.86. The largest absolute Gasteiger partial charge is 0.335 e. The highest BCUT2D eigenvalue weighted by molar-refractivity contribution is 8.03. The second kappa shape index (κ2) is 8.89. The van der Waals surface area contributed by atoms with Crippen LogP contribution < -0.4 is 10.6 Å². The Balaban J connectivity index is 1.72. The van der Waals surface area contributed by atoms with Gasteiger partial charge in [-0.1, -0.05) is 61.5 Å². The minimum atomic E-state index is -0.399. The van der Waals surface area contributed by atoms with E-state index in [9.17, 15) is 9.59 Å². The molecule has 0 spiro atoms. The van der Waals surface area contributed by atoms with Crippen LogP contribution in [0.4, 0.5) is 4.79 Å². The molecule has 0 aromatic carbocycles. The molecule has 23 heavy (non-hydrogen) atoms. The molecule has 3 amide bonds. The highest BCUT2D eigenvalue weighted by atomic mass is 32.2. The average Bonchev–Trinajstić information content (AvgIpc) is 2.98. The number of rotatable bonds is 5. The lowest BCUT2D eigenvalue weighted by molar-refractivity contribution is -0.117. The SMILES string of the molecule is CSc1nnc(SCC(=O)NC(=O)N[C@@H]2CCC[C@H](C)[C@@H]2C)s1. The van der Waals surface area contributed by atoms with E-state index in [0.717, 1.165) is 21.5 Å². The predicted molar refractivity (Wildman–Crippen MR) is 95.1 cm³/mol. The number of hydrogen-bond donors (Lipinski definition) is 2. The van der Waals surface area contributed by atoms with Gasteiger partial charge in [-0.25, -0.2) is 4.79 Å². The molecule has 1 aliphatic carbocycles. The third-order valence-electron chi connectivity index (χ3n) is 4.17. The molecule has 128 valence electrons. The van der Waals surface area contributed by atoms with Gasteiger partial charge in [-0.2, -0.15) is 0 Å². The Morgan fingerprint density at radius 2 is 2.00 bits per heavy atom. The van der Waals surface area contributed by atoms with Crippen LogP contribution in [0.3, 0.4) is 0 Å². The van der Waals surface area contributed by atoms with Gasteiger partial charge in [0.15, 0.2) is 8.68 Å². The van der Waals surface area contributed by atoms with Crippen molar-refractivity contribution < 1.29 is 9.59 Å². The van der Waals surface area contributed by atoms with E-state index in [2.05, 4.69) is 34.7 Å². The number of urea groups is 1. The summed E-state index contributed by atoms with van der Waals surface area (Å²) in [7, 11) is 0. The third kappa shape index (κ3) is 5.65. The summed E-state index contributed by atoms with van der Waals surface area (Å²) >= 11 is 4.26. The van der Waals surface area contributed by atoms with Gasteiger partial charge in [-0.15, -0.1) is 10.2 Å². The summed E-state index contributed by atoms with van der Waals surface area (Å²) < 4.78 is 1.60. The molecule has 0 aliphatic heterocycles. The number of nitrogens with zero attached hydrogens (tertiary/aromatic N) is 2. The summed E-state index contributed by atoms with van der Waals surface area (Å²) in [6.07, 6.45) is 5.23. The van der Waals surface area contributed by atoms with E-state index in [-0.39, 0.29) is 17.7 Å². The van der Waals surface area contributed by atoms with Crippen LogP contribution in [0.15, 0.2) is 8.68 Å². The van der Waals surface area contributed by atoms with Crippen LogP contribution in [0.5, 0.6) is 0 Å². The van der Waals surface area contributed by atoms with Gasteiger partial charge < -0.3 is 5.32 Å². The average molecular weight is 375 g/mol. The summed E-state index contributed by atoms with van der Waals surface area (Å²) in [5, 5.41) is 13.3. The maximum absolute atomic E-state index is 12.0. The third-order valence-corrected chi connectivity index (χ3v) is 7.20. The summed E-state index contributed by atoms with van der Waals surface area (Å²) in [4.78, 5) is 23.8. The second-order valence-electron chi connectivity index (χ2n) is 5.72. The summed E-state index contributed by atoms with van der Waals surface area (Å²) in [5.41, 5.74) is 0. The molecule has 3 atom stereocenters. The van der Waals surface area contributed by atoms with Gasteiger partial charge in [0.05, 0.1) is 5.75 Å².